The molecule has 1 radical (unpaired) electrons. The van der Waals surface area contributed by atoms with E-state index in [4.69, 9.17) is 0 Å². The van der Waals surface area contributed by atoms with Crippen molar-refractivity contribution in [3.8, 4) is 0 Å². The maximum atomic E-state index is 3.64. The Labute approximate surface area is 85.7 Å². The second kappa shape index (κ2) is 11.8. The van der Waals surface area contributed by atoms with Gasteiger partial charge < -0.3 is 12.8 Å². The molecule has 0 unspecified atom stereocenters. The van der Waals surface area contributed by atoms with Crippen molar-refractivity contribution in [3.05, 3.63) is 12.8 Å². The molecule has 0 saturated carbocycles. The van der Waals surface area contributed by atoms with E-state index in [9.17, 15) is 0 Å². The van der Waals surface area contributed by atoms with Crippen LogP contribution in [-0.2, 0) is 32.7 Å². The molecule has 0 aliphatic heterocycles. The molecule has 0 rings (SSSR count). The fraction of sp³-hybridized carbons (Fsp3) is 0.750. The van der Waals surface area contributed by atoms with Crippen LogP contribution in [0.15, 0.2) is 0 Å². The minimum absolute atomic E-state index is 0. The van der Waals surface area contributed by atoms with Gasteiger partial charge in [0.15, 0.2) is 0 Å². The molecule has 0 fully saturated rings. The van der Waals surface area contributed by atoms with Crippen molar-refractivity contribution >= 4 is 0 Å². The van der Waals surface area contributed by atoms with Gasteiger partial charge in [-0.05, 0) is 0 Å². The zero-order valence-corrected chi connectivity index (χ0v) is 10.2. The van der Waals surface area contributed by atoms with Crippen LogP contribution in [0.3, 0.4) is 0 Å². The predicted octanol–water partition coefficient (Wildman–Crippen LogP) is 3.09. The molecule has 0 aromatic rings. The molecule has 0 nitrogen and oxygen atoms in total. The topological polar surface area (TPSA) is 0 Å². The SMILES string of the molecule is C[C-](C)C.[CH2-]C(C)C.[Y]. The molecule has 55 valence electrons. The van der Waals surface area contributed by atoms with E-state index < -0.39 is 0 Å². The molecule has 1 heteroatoms. The Balaban J connectivity index is -0.0000000720. The van der Waals surface area contributed by atoms with Crippen molar-refractivity contribution in [3.63, 3.8) is 0 Å². The molecule has 0 aliphatic carbocycles. The van der Waals surface area contributed by atoms with Crippen LogP contribution in [0, 0.1) is 18.8 Å². The number of hydrogen-bond acceptors (Lipinski definition) is 0. The van der Waals surface area contributed by atoms with Crippen molar-refractivity contribution in [1.82, 2.24) is 0 Å². The van der Waals surface area contributed by atoms with Crippen LogP contribution in [0.4, 0.5) is 0 Å². The Morgan fingerprint density at radius 1 is 1.11 bits per heavy atom. The number of hydrogen-bond donors (Lipinski definition) is 0. The Kier molecular flexibility index (Phi) is 21.8. The van der Waals surface area contributed by atoms with E-state index in [0.717, 1.165) is 0 Å². The maximum Gasteiger partial charge on any atom is 0 e. The molecular formula is C8H18Y-2. The van der Waals surface area contributed by atoms with E-state index in [1.54, 1.807) is 0 Å². The average molecular weight is 203 g/mol. The van der Waals surface area contributed by atoms with Crippen molar-refractivity contribution in [1.29, 1.82) is 0 Å². The Bertz CT molecular complexity index is 20.0. The summed E-state index contributed by atoms with van der Waals surface area (Å²) in [6.07, 6.45) is 0. The monoisotopic (exact) mass is 203 g/mol. The fourth-order valence-electron chi connectivity index (χ4n) is 0. The zero-order valence-electron chi connectivity index (χ0n) is 7.36. The van der Waals surface area contributed by atoms with Gasteiger partial charge in [0.2, 0.25) is 0 Å². The van der Waals surface area contributed by atoms with E-state index in [2.05, 4.69) is 41.5 Å². The van der Waals surface area contributed by atoms with E-state index >= 15 is 0 Å². The van der Waals surface area contributed by atoms with Gasteiger partial charge in [-0.25, -0.2) is 0 Å². The van der Waals surface area contributed by atoms with Gasteiger partial charge in [0.25, 0.3) is 0 Å². The van der Waals surface area contributed by atoms with Gasteiger partial charge in [0, 0.05) is 32.7 Å². The van der Waals surface area contributed by atoms with Crippen molar-refractivity contribution < 1.29 is 32.7 Å². The van der Waals surface area contributed by atoms with Crippen LogP contribution in [-0.4, -0.2) is 0 Å². The van der Waals surface area contributed by atoms with Crippen molar-refractivity contribution in [2.24, 2.45) is 5.92 Å². The summed E-state index contributed by atoms with van der Waals surface area (Å²) in [4.78, 5) is 0. The third-order valence-corrected chi connectivity index (χ3v) is 0. The van der Waals surface area contributed by atoms with Gasteiger partial charge in [-0.15, -0.1) is 0 Å². The zero-order chi connectivity index (χ0) is 7.15. The summed E-state index contributed by atoms with van der Waals surface area (Å²) in [5.41, 5.74) is 0. The number of rotatable bonds is 0. The van der Waals surface area contributed by atoms with E-state index in [-0.39, 0.29) is 32.7 Å². The second-order valence-corrected chi connectivity index (χ2v) is 2.89. The molecule has 0 aliphatic rings. The van der Waals surface area contributed by atoms with Crippen molar-refractivity contribution in [2.45, 2.75) is 34.6 Å². The van der Waals surface area contributed by atoms with Gasteiger partial charge in [0.1, 0.15) is 0 Å². The summed E-state index contributed by atoms with van der Waals surface area (Å²) in [5.74, 6) is 2.00. The molecule has 0 spiro atoms. The first-order valence-corrected chi connectivity index (χ1v) is 3.06. The predicted molar refractivity (Wildman–Crippen MR) is 40.5 cm³/mol. The first kappa shape index (κ1) is 16.6. The summed E-state index contributed by atoms with van der Waals surface area (Å²) >= 11 is 0. The molecule has 0 N–H and O–H groups in total. The first-order valence-electron chi connectivity index (χ1n) is 3.06. The smallest absolute Gasteiger partial charge is 0 e. The first-order chi connectivity index (χ1) is 3.46. The third-order valence-electron chi connectivity index (χ3n) is 0. The molecule has 0 heterocycles. The van der Waals surface area contributed by atoms with E-state index in [1.807, 2.05) is 0 Å². The fourth-order valence-corrected chi connectivity index (χ4v) is 0. The van der Waals surface area contributed by atoms with E-state index in [1.165, 1.54) is 5.92 Å². The molecule has 0 saturated heterocycles. The standard InChI is InChI=1S/2C4H9.Y/c2*1-4(2)3;/h1-3H3;4H,1H2,2-3H3;/q2*-1;. The molecule has 0 bridgehead atoms. The third kappa shape index (κ3) is 377. The Hall–Kier alpha value is 1.10. The summed E-state index contributed by atoms with van der Waals surface area (Å²) in [6, 6.07) is 0. The summed E-state index contributed by atoms with van der Waals surface area (Å²) < 4.78 is 0. The molecule has 0 aromatic carbocycles. The Morgan fingerprint density at radius 3 is 1.11 bits per heavy atom. The van der Waals surface area contributed by atoms with Crippen LogP contribution in [0.2, 0.25) is 0 Å². The van der Waals surface area contributed by atoms with Gasteiger partial charge in [-0.3, -0.25) is 0 Å². The molecule has 0 atom stereocenters. The van der Waals surface area contributed by atoms with Gasteiger partial charge in [0.05, 0.1) is 0 Å². The van der Waals surface area contributed by atoms with Crippen LogP contribution in [0.5, 0.6) is 0 Å². The second-order valence-electron chi connectivity index (χ2n) is 2.89. The van der Waals surface area contributed by atoms with Crippen molar-refractivity contribution in [2.75, 3.05) is 0 Å². The maximum absolute atomic E-state index is 3.64. The minimum atomic E-state index is 0. The van der Waals surface area contributed by atoms with Crippen LogP contribution >= 0.6 is 0 Å². The molecule has 0 aromatic heterocycles. The molecule has 9 heavy (non-hydrogen) atoms. The largest absolute Gasteiger partial charge is 0.341 e. The van der Waals surface area contributed by atoms with Crippen LogP contribution in [0.1, 0.15) is 34.6 Å². The quantitative estimate of drug-likeness (QED) is 0.530. The minimum Gasteiger partial charge on any atom is -0.341 e. The summed E-state index contributed by atoms with van der Waals surface area (Å²) in [6.45, 7) is 14.0. The normalized spacial score (nSPS) is 8.00. The van der Waals surface area contributed by atoms with Gasteiger partial charge in [-0.2, -0.15) is 26.7 Å². The van der Waals surface area contributed by atoms with Crippen LogP contribution in [0.25, 0.3) is 0 Å². The average Bonchev–Trinajstić information content (AvgIpc) is 1.25. The molecule has 0 amide bonds. The summed E-state index contributed by atoms with van der Waals surface area (Å²) in [7, 11) is 0. The van der Waals surface area contributed by atoms with Crippen LogP contribution < -0.4 is 0 Å². The van der Waals surface area contributed by atoms with E-state index in [0.29, 0.717) is 5.92 Å². The van der Waals surface area contributed by atoms with Gasteiger partial charge >= 0.3 is 0 Å². The molecular weight excluding hydrogens is 185 g/mol. The van der Waals surface area contributed by atoms with Gasteiger partial charge in [-0.1, -0.05) is 13.8 Å². The summed E-state index contributed by atoms with van der Waals surface area (Å²) in [5, 5.41) is 0. The Morgan fingerprint density at radius 2 is 1.11 bits per heavy atom.